The zero-order chi connectivity index (χ0) is 8.43. The van der Waals surface area contributed by atoms with Crippen LogP contribution in [0.5, 0.6) is 5.75 Å². The maximum Gasteiger partial charge on any atom is 0.0810 e. The first kappa shape index (κ1) is 8.17. The van der Waals surface area contributed by atoms with E-state index in [1.54, 1.807) is 6.07 Å². The number of benzene rings is 1. The molecule has 4 heteroatoms. The predicted molar refractivity (Wildman–Crippen MR) is 41.1 cm³/mol. The van der Waals surface area contributed by atoms with E-state index >= 15 is 0 Å². The Morgan fingerprint density at radius 1 is 1.55 bits per heavy atom. The molecule has 0 amide bonds. The summed E-state index contributed by atoms with van der Waals surface area (Å²) in [6, 6.07) is 4.44. The average molecular weight is 173 g/mol. The summed E-state index contributed by atoms with van der Waals surface area (Å²) < 4.78 is 0. The summed E-state index contributed by atoms with van der Waals surface area (Å²) in [5.41, 5.74) is 0.319. The fraction of sp³-hybridized carbons (Fsp3) is 0.143. The van der Waals surface area contributed by atoms with Gasteiger partial charge in [0.25, 0.3) is 0 Å². The van der Waals surface area contributed by atoms with Crippen molar-refractivity contribution in [1.82, 2.24) is 0 Å². The van der Waals surface area contributed by atoms with Crippen LogP contribution in [0.25, 0.3) is 0 Å². The van der Waals surface area contributed by atoms with Crippen molar-refractivity contribution in [3.05, 3.63) is 23.2 Å². The molecule has 0 heterocycles. The van der Waals surface area contributed by atoms with Crippen LogP contribution in [-0.2, 0) is 0 Å². The van der Waals surface area contributed by atoms with Crippen molar-refractivity contribution in [2.24, 2.45) is 0 Å². The second-order valence-electron chi connectivity index (χ2n) is 2.11. The van der Waals surface area contributed by atoms with Gasteiger partial charge in [-0.15, -0.1) is 0 Å². The smallest absolute Gasteiger partial charge is 0.0810 e. The van der Waals surface area contributed by atoms with Crippen LogP contribution in [0.2, 0.25) is 5.02 Å². The standard InChI is InChI=1S/C7H8ClNO2/c1-9(11)5-3-2-4-6(10)7(5)8/h2-4,10-11H,1H3/p-1. The molecule has 0 aliphatic carbocycles. The monoisotopic (exact) mass is 172 g/mol. The molecule has 0 aromatic heterocycles. The molecular weight excluding hydrogens is 166 g/mol. The Hall–Kier alpha value is -0.930. The maximum absolute atomic E-state index is 10.9. The molecule has 3 nitrogen and oxygen atoms in total. The molecular formula is C7H7ClNO2-. The third kappa shape index (κ3) is 1.56. The van der Waals surface area contributed by atoms with Crippen molar-refractivity contribution in [2.75, 3.05) is 12.1 Å². The van der Waals surface area contributed by atoms with Crippen molar-refractivity contribution in [1.29, 1.82) is 0 Å². The number of hydrogen-bond acceptors (Lipinski definition) is 3. The second-order valence-corrected chi connectivity index (χ2v) is 2.49. The van der Waals surface area contributed by atoms with E-state index in [1.165, 1.54) is 19.2 Å². The van der Waals surface area contributed by atoms with Crippen molar-refractivity contribution in [2.45, 2.75) is 0 Å². The van der Waals surface area contributed by atoms with E-state index < -0.39 is 0 Å². The van der Waals surface area contributed by atoms with E-state index in [1.807, 2.05) is 0 Å². The number of anilines is 1. The quantitative estimate of drug-likeness (QED) is 0.649. The van der Waals surface area contributed by atoms with Gasteiger partial charge in [-0.1, -0.05) is 29.5 Å². The molecule has 60 valence electrons. The molecule has 11 heavy (non-hydrogen) atoms. The maximum atomic E-state index is 10.9. The molecule has 1 aromatic rings. The Morgan fingerprint density at radius 2 is 2.18 bits per heavy atom. The number of nitrogens with zero attached hydrogens (tertiary/aromatic N) is 1. The Bertz CT molecular complexity index is 263. The van der Waals surface area contributed by atoms with Crippen LogP contribution in [0.3, 0.4) is 0 Å². The lowest BCUT2D eigenvalue weighted by Crippen LogP contribution is -2.10. The summed E-state index contributed by atoms with van der Waals surface area (Å²) in [5, 5.41) is 20.7. The number of hydroxylamine groups is 1. The van der Waals surface area contributed by atoms with Gasteiger partial charge in [0, 0.05) is 7.05 Å². The van der Waals surface area contributed by atoms with Gasteiger partial charge in [0.05, 0.1) is 10.7 Å². The van der Waals surface area contributed by atoms with Crippen molar-refractivity contribution in [3.63, 3.8) is 0 Å². The number of halogens is 1. The third-order valence-electron chi connectivity index (χ3n) is 1.29. The van der Waals surface area contributed by atoms with E-state index in [0.29, 0.717) is 5.69 Å². The Labute approximate surface area is 69.4 Å². The Balaban J connectivity index is 3.17. The first-order chi connectivity index (χ1) is 5.13. The minimum absolute atomic E-state index is 0.0394. The molecule has 1 N–H and O–H groups in total. The fourth-order valence-corrected chi connectivity index (χ4v) is 0.997. The topological polar surface area (TPSA) is 46.5 Å². The summed E-state index contributed by atoms with van der Waals surface area (Å²) in [6.07, 6.45) is 0. The van der Waals surface area contributed by atoms with Crippen LogP contribution in [0, 0.1) is 0 Å². The normalized spacial score (nSPS) is 9.73. The molecule has 0 saturated carbocycles. The van der Waals surface area contributed by atoms with Crippen molar-refractivity contribution >= 4 is 17.3 Å². The van der Waals surface area contributed by atoms with Crippen molar-refractivity contribution < 1.29 is 10.3 Å². The Kier molecular flexibility index (Phi) is 2.22. The van der Waals surface area contributed by atoms with Gasteiger partial charge in [0.15, 0.2) is 0 Å². The van der Waals surface area contributed by atoms with Gasteiger partial charge in [0.1, 0.15) is 0 Å². The molecule has 0 spiro atoms. The molecule has 0 aliphatic rings. The van der Waals surface area contributed by atoms with Gasteiger partial charge in [-0.25, -0.2) is 0 Å². The molecule has 0 bridgehead atoms. The van der Waals surface area contributed by atoms with Crippen LogP contribution < -0.4 is 10.2 Å². The van der Waals surface area contributed by atoms with Crippen LogP contribution in [0.1, 0.15) is 0 Å². The SMILES string of the molecule is CN(O)c1cccc([O-])c1Cl. The third-order valence-corrected chi connectivity index (χ3v) is 1.67. The zero-order valence-corrected chi connectivity index (χ0v) is 6.67. The van der Waals surface area contributed by atoms with Gasteiger partial charge < -0.3 is 5.11 Å². The average Bonchev–Trinajstić information content (AvgIpc) is 1.94. The van der Waals surface area contributed by atoms with Gasteiger partial charge in [-0.2, -0.15) is 0 Å². The van der Waals surface area contributed by atoms with Gasteiger partial charge in [-0.05, 0) is 6.07 Å². The molecule has 0 fully saturated rings. The Morgan fingerprint density at radius 3 is 2.64 bits per heavy atom. The molecule has 0 atom stereocenters. The highest BCUT2D eigenvalue weighted by molar-refractivity contribution is 6.34. The lowest BCUT2D eigenvalue weighted by molar-refractivity contribution is -0.268. The van der Waals surface area contributed by atoms with E-state index in [9.17, 15) is 5.11 Å². The summed E-state index contributed by atoms with van der Waals surface area (Å²) in [5.74, 6) is -0.287. The predicted octanol–water partition coefficient (Wildman–Crippen LogP) is 1.24. The van der Waals surface area contributed by atoms with E-state index in [-0.39, 0.29) is 10.8 Å². The highest BCUT2D eigenvalue weighted by Gasteiger charge is 2.01. The van der Waals surface area contributed by atoms with Gasteiger partial charge in [-0.3, -0.25) is 10.3 Å². The zero-order valence-electron chi connectivity index (χ0n) is 5.91. The first-order valence-electron chi connectivity index (χ1n) is 3.01. The van der Waals surface area contributed by atoms with Crippen molar-refractivity contribution in [3.8, 4) is 5.75 Å². The molecule has 0 radical (unpaired) electrons. The van der Waals surface area contributed by atoms with E-state index in [0.717, 1.165) is 5.06 Å². The number of rotatable bonds is 1. The highest BCUT2D eigenvalue weighted by Crippen LogP contribution is 2.30. The van der Waals surface area contributed by atoms with E-state index in [4.69, 9.17) is 16.8 Å². The van der Waals surface area contributed by atoms with Crippen LogP contribution in [0.4, 0.5) is 5.69 Å². The van der Waals surface area contributed by atoms with E-state index in [2.05, 4.69) is 0 Å². The lowest BCUT2D eigenvalue weighted by Gasteiger charge is -2.16. The van der Waals surface area contributed by atoms with Crippen LogP contribution in [-0.4, -0.2) is 12.3 Å². The fourth-order valence-electron chi connectivity index (χ4n) is 0.749. The second kappa shape index (κ2) is 2.98. The van der Waals surface area contributed by atoms with Crippen LogP contribution in [0.15, 0.2) is 18.2 Å². The highest BCUT2D eigenvalue weighted by atomic mass is 35.5. The summed E-state index contributed by atoms with van der Waals surface area (Å²) in [4.78, 5) is 0. The number of hydrogen-bond donors (Lipinski definition) is 1. The van der Waals surface area contributed by atoms with Crippen LogP contribution >= 0.6 is 11.6 Å². The summed E-state index contributed by atoms with van der Waals surface area (Å²) in [7, 11) is 1.40. The van der Waals surface area contributed by atoms with Gasteiger partial charge >= 0.3 is 0 Å². The molecule has 1 rings (SSSR count). The molecule has 1 aromatic carbocycles. The minimum Gasteiger partial charge on any atom is -0.871 e. The molecule has 0 saturated heterocycles. The molecule has 0 aliphatic heterocycles. The summed E-state index contributed by atoms with van der Waals surface area (Å²) in [6.45, 7) is 0. The summed E-state index contributed by atoms with van der Waals surface area (Å²) >= 11 is 5.57. The minimum atomic E-state index is -0.287. The lowest BCUT2D eigenvalue weighted by atomic mass is 10.3. The van der Waals surface area contributed by atoms with Gasteiger partial charge in [0.2, 0.25) is 0 Å². The largest absolute Gasteiger partial charge is 0.871 e. The molecule has 0 unspecified atom stereocenters. The first-order valence-corrected chi connectivity index (χ1v) is 3.39.